The van der Waals surface area contributed by atoms with Crippen molar-refractivity contribution in [2.45, 2.75) is 74.3 Å². The normalized spacial score (nSPS) is 62.5. The molecular formula is C25H39NO7. The molecule has 7 bridgehead atoms. The predicted molar refractivity (Wildman–Crippen MR) is 116 cm³/mol. The summed E-state index contributed by atoms with van der Waals surface area (Å²) in [5, 5.41) is 23.8. The highest BCUT2D eigenvalue weighted by Crippen LogP contribution is 2.82. The lowest BCUT2D eigenvalue weighted by Crippen LogP contribution is -2.81. The quantitative estimate of drug-likeness (QED) is 0.612. The lowest BCUT2D eigenvalue weighted by Gasteiger charge is -2.69. The lowest BCUT2D eigenvalue weighted by molar-refractivity contribution is -0.282. The standard InChI is InChI=1S/C25H39NO7/c1-5-26-10-22(11-29-2)7-6-16(27)24-14-8-13-15(30-3)9-23(17(14)18(13)28)25(21(24)26,33-12-32-23)20(31-4)19(22)24/h13-21,27-28H,5-12H2,1-4H3/t13?,14-,15+,16?,17-,18?,19-,20+,21?,22+,23-,24?,25?/m1/s1. The van der Waals surface area contributed by atoms with Crippen LogP contribution in [0.4, 0.5) is 0 Å². The van der Waals surface area contributed by atoms with Crippen LogP contribution in [0.5, 0.6) is 0 Å². The maximum Gasteiger partial charge on any atom is 0.148 e. The molecule has 3 spiro atoms. The number of nitrogens with zero attached hydrogens (tertiary/aromatic N) is 1. The summed E-state index contributed by atoms with van der Waals surface area (Å²) in [6.45, 7) is 4.83. The molecule has 7 aliphatic rings. The lowest BCUT2D eigenvalue weighted by atomic mass is 9.42. The van der Waals surface area contributed by atoms with E-state index in [0.29, 0.717) is 13.0 Å². The topological polar surface area (TPSA) is 89.9 Å². The maximum absolute atomic E-state index is 12.0. The average molecular weight is 466 g/mol. The zero-order valence-electron chi connectivity index (χ0n) is 20.2. The number of hydrogen-bond acceptors (Lipinski definition) is 8. The maximum atomic E-state index is 12.0. The minimum Gasteiger partial charge on any atom is -0.392 e. The molecule has 33 heavy (non-hydrogen) atoms. The Morgan fingerprint density at radius 3 is 2.64 bits per heavy atom. The molecule has 5 saturated carbocycles. The molecule has 2 heterocycles. The third-order valence-electron chi connectivity index (χ3n) is 11.8. The molecule has 2 saturated heterocycles. The molecule has 2 aliphatic heterocycles. The van der Waals surface area contributed by atoms with E-state index in [-0.39, 0.29) is 54.1 Å². The highest BCUT2D eigenvalue weighted by molar-refractivity contribution is 5.42. The summed E-state index contributed by atoms with van der Waals surface area (Å²) in [7, 11) is 5.34. The summed E-state index contributed by atoms with van der Waals surface area (Å²) in [5.41, 5.74) is -1.99. The number of aliphatic hydroxyl groups excluding tert-OH is 2. The van der Waals surface area contributed by atoms with Crippen molar-refractivity contribution >= 4 is 0 Å². The average Bonchev–Trinajstić information content (AvgIpc) is 3.36. The van der Waals surface area contributed by atoms with Crippen molar-refractivity contribution in [1.29, 1.82) is 0 Å². The van der Waals surface area contributed by atoms with Gasteiger partial charge in [0, 0.05) is 62.9 Å². The second kappa shape index (κ2) is 6.71. The van der Waals surface area contributed by atoms with Crippen LogP contribution in [0, 0.1) is 34.5 Å². The zero-order chi connectivity index (χ0) is 23.0. The Labute approximate surface area is 195 Å². The van der Waals surface area contributed by atoms with Crippen LogP contribution in [-0.4, -0.2) is 105 Å². The molecule has 0 aromatic rings. The van der Waals surface area contributed by atoms with Gasteiger partial charge in [-0.05, 0) is 31.7 Å². The van der Waals surface area contributed by atoms with E-state index in [1.165, 1.54) is 0 Å². The smallest absolute Gasteiger partial charge is 0.148 e. The summed E-state index contributed by atoms with van der Waals surface area (Å²) >= 11 is 0. The van der Waals surface area contributed by atoms with Crippen molar-refractivity contribution in [3.05, 3.63) is 0 Å². The largest absolute Gasteiger partial charge is 0.392 e. The molecule has 5 aliphatic carbocycles. The Bertz CT molecular complexity index is 844. The molecule has 0 radical (unpaired) electrons. The van der Waals surface area contributed by atoms with Gasteiger partial charge in [0.05, 0.1) is 37.1 Å². The van der Waals surface area contributed by atoms with Gasteiger partial charge in [-0.2, -0.15) is 0 Å². The molecule has 13 atom stereocenters. The van der Waals surface area contributed by atoms with Crippen molar-refractivity contribution in [2.24, 2.45) is 34.5 Å². The first-order valence-corrected chi connectivity index (χ1v) is 12.9. The number of aliphatic hydroxyl groups is 2. The molecule has 0 aromatic carbocycles. The first-order chi connectivity index (χ1) is 15.9. The predicted octanol–water partition coefficient (Wildman–Crippen LogP) is 0.637. The van der Waals surface area contributed by atoms with Crippen molar-refractivity contribution < 1.29 is 33.9 Å². The molecule has 6 unspecified atom stereocenters. The fourth-order valence-corrected chi connectivity index (χ4v) is 11.4. The van der Waals surface area contributed by atoms with Gasteiger partial charge in [-0.3, -0.25) is 4.90 Å². The van der Waals surface area contributed by atoms with Crippen LogP contribution < -0.4 is 0 Å². The molecule has 2 N–H and O–H groups in total. The highest BCUT2D eigenvalue weighted by atomic mass is 16.7. The summed E-state index contributed by atoms with van der Waals surface area (Å²) in [6, 6.07) is -0.0180. The van der Waals surface area contributed by atoms with E-state index >= 15 is 0 Å². The van der Waals surface area contributed by atoms with Gasteiger partial charge in [-0.15, -0.1) is 0 Å². The van der Waals surface area contributed by atoms with Gasteiger partial charge in [-0.25, -0.2) is 0 Å². The number of hydrogen-bond donors (Lipinski definition) is 2. The first-order valence-electron chi connectivity index (χ1n) is 12.9. The fourth-order valence-electron chi connectivity index (χ4n) is 11.4. The highest BCUT2D eigenvalue weighted by Gasteiger charge is 2.93. The van der Waals surface area contributed by atoms with Gasteiger partial charge in [0.25, 0.3) is 0 Å². The minimum absolute atomic E-state index is 0.0180. The molecule has 8 heteroatoms. The molecule has 8 nitrogen and oxygen atoms in total. The summed E-state index contributed by atoms with van der Waals surface area (Å²) in [5.74, 6) is 0.199. The van der Waals surface area contributed by atoms with Crippen molar-refractivity contribution in [1.82, 2.24) is 4.90 Å². The second-order valence-electron chi connectivity index (χ2n) is 12.0. The van der Waals surface area contributed by atoms with E-state index < -0.39 is 28.8 Å². The van der Waals surface area contributed by atoms with Crippen LogP contribution in [0.3, 0.4) is 0 Å². The molecule has 0 amide bonds. The fraction of sp³-hybridized carbons (Fsp3) is 1.00. The van der Waals surface area contributed by atoms with Crippen molar-refractivity contribution in [3.63, 3.8) is 0 Å². The number of fused-ring (bicyclic) bond motifs is 1. The summed E-state index contributed by atoms with van der Waals surface area (Å²) in [6.07, 6.45) is 1.90. The SMILES string of the molecule is CCN1C[C@]2(COC)CCC(O)C34C1C1(OCO[C@@]15C[C@H](OC)C1C[C@@H]3[C@@H]5C1O)[C@@H](OC)[C@@H]42. The van der Waals surface area contributed by atoms with Crippen LogP contribution in [0.15, 0.2) is 0 Å². The van der Waals surface area contributed by atoms with Gasteiger partial charge in [-0.1, -0.05) is 6.92 Å². The van der Waals surface area contributed by atoms with E-state index in [0.717, 1.165) is 32.4 Å². The Morgan fingerprint density at radius 1 is 1.12 bits per heavy atom. The van der Waals surface area contributed by atoms with E-state index in [4.69, 9.17) is 23.7 Å². The number of ether oxygens (including phenoxy) is 5. The Hall–Kier alpha value is -0.320. The Kier molecular flexibility index (Phi) is 4.46. The Morgan fingerprint density at radius 2 is 1.94 bits per heavy atom. The number of likely N-dealkylation sites (tertiary alicyclic amines) is 1. The number of piperidine rings is 1. The second-order valence-corrected chi connectivity index (χ2v) is 12.0. The summed E-state index contributed by atoms with van der Waals surface area (Å²) in [4.78, 5) is 2.56. The van der Waals surface area contributed by atoms with Gasteiger partial charge in [0.2, 0.25) is 0 Å². The number of likely N-dealkylation sites (N-methyl/N-ethyl adjacent to an activating group) is 1. The number of rotatable bonds is 5. The van der Waals surface area contributed by atoms with E-state index in [2.05, 4.69) is 11.8 Å². The molecule has 186 valence electrons. The monoisotopic (exact) mass is 465 g/mol. The van der Waals surface area contributed by atoms with E-state index in [1.54, 1.807) is 21.3 Å². The van der Waals surface area contributed by atoms with E-state index in [9.17, 15) is 10.2 Å². The third-order valence-corrected chi connectivity index (χ3v) is 11.8. The summed E-state index contributed by atoms with van der Waals surface area (Å²) < 4.78 is 31.9. The van der Waals surface area contributed by atoms with Gasteiger partial charge in [0.1, 0.15) is 18.0 Å². The van der Waals surface area contributed by atoms with Gasteiger partial charge >= 0.3 is 0 Å². The minimum atomic E-state index is -0.753. The van der Waals surface area contributed by atoms with Gasteiger partial charge in [0.15, 0.2) is 0 Å². The van der Waals surface area contributed by atoms with Crippen LogP contribution in [0.25, 0.3) is 0 Å². The number of methoxy groups -OCH3 is 3. The molecular weight excluding hydrogens is 426 g/mol. The van der Waals surface area contributed by atoms with Crippen molar-refractivity contribution in [2.75, 3.05) is 47.8 Å². The van der Waals surface area contributed by atoms with Crippen LogP contribution >= 0.6 is 0 Å². The molecule has 0 aromatic heterocycles. The van der Waals surface area contributed by atoms with E-state index in [1.807, 2.05) is 0 Å². The van der Waals surface area contributed by atoms with Crippen LogP contribution in [0.1, 0.15) is 32.6 Å². The van der Waals surface area contributed by atoms with Crippen molar-refractivity contribution in [3.8, 4) is 0 Å². The molecule has 7 rings (SSSR count). The van der Waals surface area contributed by atoms with Gasteiger partial charge < -0.3 is 33.9 Å². The third kappa shape index (κ3) is 1.98. The molecule has 7 fully saturated rings. The Balaban J connectivity index is 1.56. The first kappa shape index (κ1) is 21.9. The van der Waals surface area contributed by atoms with Crippen LogP contribution in [0.2, 0.25) is 0 Å². The van der Waals surface area contributed by atoms with Crippen LogP contribution in [-0.2, 0) is 23.7 Å². The zero-order valence-corrected chi connectivity index (χ0v) is 20.2.